The third-order valence-corrected chi connectivity index (χ3v) is 2.47. The fourth-order valence-electron chi connectivity index (χ4n) is 1.42. The highest BCUT2D eigenvalue weighted by Crippen LogP contribution is 2.22. The molecular formula is C17H31N. The maximum absolute atomic E-state index is 3.67. The first kappa shape index (κ1) is 19.1. The molecule has 1 N–H and O–H groups in total. The van der Waals surface area contributed by atoms with E-state index in [-0.39, 0.29) is 0 Å². The summed E-state index contributed by atoms with van der Waals surface area (Å²) in [6.45, 7) is 19.3. The van der Waals surface area contributed by atoms with Crippen molar-refractivity contribution in [2.24, 2.45) is 0 Å². The number of dihydropyridines is 1. The Morgan fingerprint density at radius 3 is 2.11 bits per heavy atom. The fourth-order valence-corrected chi connectivity index (χ4v) is 1.42. The number of allylic oxidation sites excluding steroid dienone is 6. The van der Waals surface area contributed by atoms with Gasteiger partial charge in [0.2, 0.25) is 0 Å². The molecule has 0 saturated heterocycles. The van der Waals surface area contributed by atoms with Crippen molar-refractivity contribution in [2.75, 3.05) is 6.54 Å². The van der Waals surface area contributed by atoms with Crippen LogP contribution in [0.1, 0.15) is 54.9 Å². The lowest BCUT2D eigenvalue weighted by Gasteiger charge is -2.20. The van der Waals surface area contributed by atoms with E-state index < -0.39 is 0 Å². The molecular weight excluding hydrogens is 218 g/mol. The summed E-state index contributed by atoms with van der Waals surface area (Å²) in [4.78, 5) is 0. The smallest absolute Gasteiger partial charge is 0.0360 e. The molecule has 0 saturated carbocycles. The van der Waals surface area contributed by atoms with Crippen molar-refractivity contribution in [2.45, 2.75) is 54.9 Å². The minimum atomic E-state index is 0.975. The SMILES string of the molecule is C=C/C=C\C1=C(C)NCC(C)=C1C.CC.CCC. The maximum atomic E-state index is 3.67. The zero-order chi connectivity index (χ0) is 14.6. The molecule has 0 amide bonds. The van der Waals surface area contributed by atoms with Gasteiger partial charge in [0.05, 0.1) is 0 Å². The predicted molar refractivity (Wildman–Crippen MR) is 85.7 cm³/mol. The zero-order valence-corrected chi connectivity index (χ0v) is 13.4. The van der Waals surface area contributed by atoms with Crippen LogP contribution < -0.4 is 5.32 Å². The summed E-state index contributed by atoms with van der Waals surface area (Å²) in [7, 11) is 0. The molecule has 1 heteroatoms. The van der Waals surface area contributed by atoms with Gasteiger partial charge in [0.25, 0.3) is 0 Å². The van der Waals surface area contributed by atoms with Gasteiger partial charge in [-0.25, -0.2) is 0 Å². The van der Waals surface area contributed by atoms with Crippen LogP contribution in [-0.2, 0) is 0 Å². The minimum absolute atomic E-state index is 0.975. The second kappa shape index (κ2) is 12.2. The lowest BCUT2D eigenvalue weighted by atomic mass is 9.97. The molecule has 0 unspecified atom stereocenters. The van der Waals surface area contributed by atoms with Crippen LogP contribution >= 0.6 is 0 Å². The Kier molecular flexibility index (Phi) is 13.0. The minimum Gasteiger partial charge on any atom is -0.384 e. The summed E-state index contributed by atoms with van der Waals surface area (Å²) in [6.07, 6.45) is 7.13. The van der Waals surface area contributed by atoms with E-state index in [1.165, 1.54) is 28.8 Å². The average molecular weight is 249 g/mol. The van der Waals surface area contributed by atoms with Crippen LogP contribution in [0.5, 0.6) is 0 Å². The molecule has 0 spiro atoms. The van der Waals surface area contributed by atoms with Gasteiger partial charge < -0.3 is 5.32 Å². The van der Waals surface area contributed by atoms with Crippen LogP contribution in [0.15, 0.2) is 47.2 Å². The van der Waals surface area contributed by atoms with Gasteiger partial charge in [-0.2, -0.15) is 0 Å². The zero-order valence-electron chi connectivity index (χ0n) is 13.4. The van der Waals surface area contributed by atoms with E-state index >= 15 is 0 Å². The van der Waals surface area contributed by atoms with Crippen LogP contribution in [-0.4, -0.2) is 6.54 Å². The van der Waals surface area contributed by atoms with Crippen LogP contribution in [0.2, 0.25) is 0 Å². The summed E-state index contributed by atoms with van der Waals surface area (Å²) < 4.78 is 0. The first-order chi connectivity index (χ1) is 8.58. The normalized spacial score (nSPS) is 14.4. The van der Waals surface area contributed by atoms with Crippen molar-refractivity contribution in [1.82, 2.24) is 5.32 Å². The summed E-state index contributed by atoms with van der Waals surface area (Å²) in [5.74, 6) is 0. The molecule has 0 aliphatic carbocycles. The van der Waals surface area contributed by atoms with Crippen LogP contribution in [0.3, 0.4) is 0 Å². The van der Waals surface area contributed by atoms with E-state index in [0.717, 1.165) is 6.54 Å². The van der Waals surface area contributed by atoms with Gasteiger partial charge in [-0.1, -0.05) is 64.5 Å². The Morgan fingerprint density at radius 1 is 1.17 bits per heavy atom. The van der Waals surface area contributed by atoms with Crippen molar-refractivity contribution >= 4 is 0 Å². The highest BCUT2D eigenvalue weighted by Gasteiger charge is 2.09. The summed E-state index contributed by atoms with van der Waals surface area (Å²) in [5.41, 5.74) is 5.34. The predicted octanol–water partition coefficient (Wildman–Crippen LogP) is 5.38. The molecule has 18 heavy (non-hydrogen) atoms. The van der Waals surface area contributed by atoms with Crippen LogP contribution in [0.25, 0.3) is 0 Å². The summed E-state index contributed by atoms with van der Waals surface area (Å²) in [5, 5.41) is 3.36. The van der Waals surface area contributed by atoms with Gasteiger partial charge in [-0.05, 0) is 31.9 Å². The van der Waals surface area contributed by atoms with Gasteiger partial charge in [0, 0.05) is 12.2 Å². The molecule has 0 aromatic rings. The summed E-state index contributed by atoms with van der Waals surface area (Å²) >= 11 is 0. The highest BCUT2D eigenvalue weighted by atomic mass is 14.9. The lowest BCUT2D eigenvalue weighted by molar-refractivity contribution is 0.826. The third kappa shape index (κ3) is 7.16. The number of nitrogens with one attached hydrogen (secondary N) is 1. The molecule has 1 aliphatic rings. The van der Waals surface area contributed by atoms with E-state index in [9.17, 15) is 0 Å². The largest absolute Gasteiger partial charge is 0.384 e. The van der Waals surface area contributed by atoms with Crippen molar-refractivity contribution in [3.8, 4) is 0 Å². The van der Waals surface area contributed by atoms with Crippen molar-refractivity contribution in [3.63, 3.8) is 0 Å². The first-order valence-electron chi connectivity index (χ1n) is 6.98. The van der Waals surface area contributed by atoms with Gasteiger partial charge >= 0.3 is 0 Å². The number of rotatable bonds is 2. The van der Waals surface area contributed by atoms with E-state index in [1.807, 2.05) is 19.9 Å². The van der Waals surface area contributed by atoms with E-state index in [0.29, 0.717) is 0 Å². The summed E-state index contributed by atoms with van der Waals surface area (Å²) in [6, 6.07) is 0. The van der Waals surface area contributed by atoms with E-state index in [4.69, 9.17) is 0 Å². The Labute approximate surface area is 114 Å². The van der Waals surface area contributed by atoms with E-state index in [2.05, 4.69) is 52.6 Å². The monoisotopic (exact) mass is 249 g/mol. The third-order valence-electron chi connectivity index (χ3n) is 2.47. The Balaban J connectivity index is 0. The number of hydrogen-bond donors (Lipinski definition) is 1. The standard InChI is InChI=1S/C12H17N.C3H8.C2H6/c1-5-6-7-12-10(3)9(2)8-13-11(12)4;1-3-2;1-2/h5-7,13H,1,8H2,2-4H3;3H2,1-2H3;1-2H3/b7-6-;;. The van der Waals surface area contributed by atoms with E-state index in [1.54, 1.807) is 6.08 Å². The van der Waals surface area contributed by atoms with Gasteiger partial charge in [0.1, 0.15) is 0 Å². The highest BCUT2D eigenvalue weighted by molar-refractivity contribution is 5.47. The topological polar surface area (TPSA) is 12.0 Å². The maximum Gasteiger partial charge on any atom is 0.0360 e. The Bertz CT molecular complexity index is 317. The average Bonchev–Trinajstić information content (AvgIpc) is 2.38. The molecule has 1 aliphatic heterocycles. The molecule has 0 aromatic heterocycles. The molecule has 1 rings (SSSR count). The molecule has 1 nitrogen and oxygen atoms in total. The van der Waals surface area contributed by atoms with Gasteiger partial charge in [-0.3, -0.25) is 0 Å². The van der Waals surface area contributed by atoms with Gasteiger partial charge in [-0.15, -0.1) is 0 Å². The van der Waals surface area contributed by atoms with Crippen molar-refractivity contribution in [1.29, 1.82) is 0 Å². The van der Waals surface area contributed by atoms with Crippen molar-refractivity contribution in [3.05, 3.63) is 47.2 Å². The molecule has 0 radical (unpaired) electrons. The Morgan fingerprint density at radius 2 is 1.67 bits per heavy atom. The van der Waals surface area contributed by atoms with Crippen LogP contribution in [0, 0.1) is 0 Å². The Hall–Kier alpha value is -1.24. The molecule has 0 atom stereocenters. The molecule has 1 heterocycles. The van der Waals surface area contributed by atoms with Gasteiger partial charge in [0.15, 0.2) is 0 Å². The first-order valence-corrected chi connectivity index (χ1v) is 6.98. The van der Waals surface area contributed by atoms with Crippen molar-refractivity contribution < 1.29 is 0 Å². The molecule has 0 bridgehead atoms. The second-order valence-electron chi connectivity index (χ2n) is 4.10. The quantitative estimate of drug-likeness (QED) is 0.647. The fraction of sp³-hybridized carbons (Fsp3) is 0.529. The molecule has 0 aromatic carbocycles. The molecule has 0 fully saturated rings. The van der Waals surface area contributed by atoms with Crippen LogP contribution in [0.4, 0.5) is 0 Å². The molecule has 104 valence electrons. The lowest BCUT2D eigenvalue weighted by Crippen LogP contribution is -2.21. The number of hydrogen-bond acceptors (Lipinski definition) is 1. The second-order valence-corrected chi connectivity index (χ2v) is 4.10.